The number of carbonyl (C=O) groups excluding carboxylic acids is 1. The van der Waals surface area contributed by atoms with E-state index in [9.17, 15) is 9.18 Å². The molecular weight excluding hydrogens is 135 g/mol. The maximum Gasteiger partial charge on any atom is 0.133 e. The molecule has 0 spiro atoms. The summed E-state index contributed by atoms with van der Waals surface area (Å²) in [7, 11) is 0. The molecule has 1 fully saturated rings. The summed E-state index contributed by atoms with van der Waals surface area (Å²) in [4.78, 5) is 11.7. The van der Waals surface area contributed by atoms with Crippen LogP contribution < -0.4 is 5.73 Å². The van der Waals surface area contributed by atoms with Crippen molar-refractivity contribution >= 4 is 6.29 Å². The maximum atomic E-state index is 12.6. The van der Waals surface area contributed by atoms with Gasteiger partial charge in [-0.15, -0.1) is 0 Å². The minimum atomic E-state index is -0.958. The molecule has 1 aliphatic rings. The smallest absolute Gasteiger partial charge is 0.133 e. The van der Waals surface area contributed by atoms with E-state index in [1.165, 1.54) is 0 Å². The van der Waals surface area contributed by atoms with Crippen molar-refractivity contribution in [2.45, 2.75) is 12.2 Å². The van der Waals surface area contributed by atoms with Crippen molar-refractivity contribution in [2.75, 3.05) is 19.6 Å². The minimum absolute atomic E-state index is 0.300. The molecule has 0 aromatic carbocycles. The lowest BCUT2D eigenvalue weighted by atomic mass is 10.3. The number of carbonyl (C=O) groups is 1. The summed E-state index contributed by atoms with van der Waals surface area (Å²) in [5.41, 5.74) is 5.37. The van der Waals surface area contributed by atoms with E-state index in [0.29, 0.717) is 19.6 Å². The van der Waals surface area contributed by atoms with Gasteiger partial charge in [-0.3, -0.25) is 4.90 Å². The van der Waals surface area contributed by atoms with E-state index < -0.39 is 12.2 Å². The number of hydrogen-bond acceptors (Lipinski definition) is 3. The lowest BCUT2D eigenvalue weighted by Gasteiger charge is -2.08. The summed E-state index contributed by atoms with van der Waals surface area (Å²) in [6.45, 7) is 1.11. The van der Waals surface area contributed by atoms with Crippen LogP contribution in [-0.2, 0) is 4.79 Å². The standard InChI is InChI=1S/C6H11FN2O/c7-5-3-9(1-2-10)4-6(5)8/h2,5-6H,1,3-4,8H2/t5-,6+/m1/s1. The molecule has 3 nitrogen and oxygen atoms in total. The summed E-state index contributed by atoms with van der Waals surface area (Å²) < 4.78 is 12.6. The largest absolute Gasteiger partial charge is 0.324 e. The van der Waals surface area contributed by atoms with Crippen LogP contribution >= 0.6 is 0 Å². The Hall–Kier alpha value is -0.480. The Morgan fingerprint density at radius 2 is 2.40 bits per heavy atom. The van der Waals surface area contributed by atoms with Crippen LogP contribution in [0.1, 0.15) is 0 Å². The molecule has 1 rings (SSSR count). The van der Waals surface area contributed by atoms with Crippen molar-refractivity contribution in [3.63, 3.8) is 0 Å². The predicted molar refractivity (Wildman–Crippen MR) is 35.4 cm³/mol. The molecule has 0 radical (unpaired) electrons. The number of halogens is 1. The Morgan fingerprint density at radius 1 is 1.70 bits per heavy atom. The normalized spacial score (nSPS) is 34.6. The molecule has 0 aromatic heterocycles. The van der Waals surface area contributed by atoms with Crippen LogP contribution in [0.4, 0.5) is 4.39 Å². The summed E-state index contributed by atoms with van der Waals surface area (Å²) in [6.07, 6.45) is -0.190. The first-order valence-electron chi connectivity index (χ1n) is 3.29. The van der Waals surface area contributed by atoms with Gasteiger partial charge in [0.1, 0.15) is 12.5 Å². The fourth-order valence-corrected chi connectivity index (χ4v) is 1.12. The zero-order chi connectivity index (χ0) is 7.56. The quantitative estimate of drug-likeness (QED) is 0.517. The Balaban J connectivity index is 2.33. The first-order chi connectivity index (χ1) is 4.74. The Morgan fingerprint density at radius 3 is 2.80 bits per heavy atom. The van der Waals surface area contributed by atoms with Crippen LogP contribution in [0.15, 0.2) is 0 Å². The molecule has 4 heteroatoms. The van der Waals surface area contributed by atoms with Crippen molar-refractivity contribution in [1.82, 2.24) is 4.90 Å². The zero-order valence-electron chi connectivity index (χ0n) is 5.66. The second kappa shape index (κ2) is 3.07. The van der Waals surface area contributed by atoms with Crippen molar-refractivity contribution in [2.24, 2.45) is 5.73 Å². The highest BCUT2D eigenvalue weighted by Gasteiger charge is 2.28. The summed E-state index contributed by atoms with van der Waals surface area (Å²) in [5, 5.41) is 0. The molecule has 2 N–H and O–H groups in total. The first-order valence-corrected chi connectivity index (χ1v) is 3.29. The van der Waals surface area contributed by atoms with Gasteiger partial charge in [-0.1, -0.05) is 0 Å². The molecule has 1 aliphatic heterocycles. The lowest BCUT2D eigenvalue weighted by Crippen LogP contribution is -2.30. The van der Waals surface area contributed by atoms with Crippen molar-refractivity contribution in [3.8, 4) is 0 Å². The molecule has 0 unspecified atom stereocenters. The van der Waals surface area contributed by atoms with Crippen molar-refractivity contribution in [1.29, 1.82) is 0 Å². The average molecular weight is 146 g/mol. The third-order valence-electron chi connectivity index (χ3n) is 1.70. The van der Waals surface area contributed by atoms with Crippen LogP contribution in [-0.4, -0.2) is 43.0 Å². The van der Waals surface area contributed by atoms with E-state index in [1.54, 1.807) is 4.90 Å². The highest BCUT2D eigenvalue weighted by Crippen LogP contribution is 2.09. The van der Waals surface area contributed by atoms with Gasteiger partial charge in [0.2, 0.25) is 0 Å². The molecule has 0 aliphatic carbocycles. The van der Waals surface area contributed by atoms with Gasteiger partial charge in [0.15, 0.2) is 0 Å². The van der Waals surface area contributed by atoms with Crippen molar-refractivity contribution in [3.05, 3.63) is 0 Å². The molecule has 0 amide bonds. The van der Waals surface area contributed by atoms with Gasteiger partial charge in [0.25, 0.3) is 0 Å². The molecule has 58 valence electrons. The fourth-order valence-electron chi connectivity index (χ4n) is 1.12. The molecule has 0 saturated carbocycles. The van der Waals surface area contributed by atoms with Gasteiger partial charge in [-0.2, -0.15) is 0 Å². The number of alkyl halides is 1. The zero-order valence-corrected chi connectivity index (χ0v) is 5.66. The first kappa shape index (κ1) is 7.63. The second-order valence-corrected chi connectivity index (χ2v) is 2.57. The fraction of sp³-hybridized carbons (Fsp3) is 0.833. The van der Waals surface area contributed by atoms with Crippen LogP contribution in [0.3, 0.4) is 0 Å². The van der Waals surface area contributed by atoms with E-state index in [0.717, 1.165) is 6.29 Å². The van der Waals surface area contributed by atoms with Gasteiger partial charge < -0.3 is 10.5 Å². The molecule has 1 saturated heterocycles. The molecular formula is C6H11FN2O. The monoisotopic (exact) mass is 146 g/mol. The summed E-state index contributed by atoms with van der Waals surface area (Å²) in [6, 6.07) is -0.403. The maximum absolute atomic E-state index is 12.6. The highest BCUT2D eigenvalue weighted by molar-refractivity contribution is 5.52. The highest BCUT2D eigenvalue weighted by atomic mass is 19.1. The van der Waals surface area contributed by atoms with Gasteiger partial charge in [0, 0.05) is 19.1 Å². The molecule has 10 heavy (non-hydrogen) atoms. The number of nitrogens with zero attached hydrogens (tertiary/aromatic N) is 1. The van der Waals surface area contributed by atoms with E-state index in [4.69, 9.17) is 5.73 Å². The van der Waals surface area contributed by atoms with E-state index in [1.807, 2.05) is 0 Å². The average Bonchev–Trinajstić information content (AvgIpc) is 2.14. The van der Waals surface area contributed by atoms with Gasteiger partial charge in [-0.05, 0) is 0 Å². The number of hydrogen-bond donors (Lipinski definition) is 1. The second-order valence-electron chi connectivity index (χ2n) is 2.57. The van der Waals surface area contributed by atoms with Crippen molar-refractivity contribution < 1.29 is 9.18 Å². The molecule has 2 atom stereocenters. The molecule has 0 aromatic rings. The summed E-state index contributed by atoms with van der Waals surface area (Å²) in [5.74, 6) is 0. The Labute approximate surface area is 59.0 Å². The molecule has 0 bridgehead atoms. The SMILES string of the molecule is N[C@H]1CN(CC=O)C[C@H]1F. The van der Waals surface area contributed by atoms with Crippen LogP contribution in [0.25, 0.3) is 0 Å². The third-order valence-corrected chi connectivity index (χ3v) is 1.70. The summed E-state index contributed by atoms with van der Waals surface area (Å²) >= 11 is 0. The number of aldehydes is 1. The Kier molecular flexibility index (Phi) is 2.34. The third kappa shape index (κ3) is 1.52. The lowest BCUT2D eigenvalue weighted by molar-refractivity contribution is -0.108. The Bertz CT molecular complexity index is 121. The number of likely N-dealkylation sites (tertiary alicyclic amines) is 1. The number of nitrogens with two attached hydrogens (primary N) is 1. The van der Waals surface area contributed by atoms with Crippen LogP contribution in [0, 0.1) is 0 Å². The van der Waals surface area contributed by atoms with E-state index >= 15 is 0 Å². The van der Waals surface area contributed by atoms with E-state index in [2.05, 4.69) is 0 Å². The van der Waals surface area contributed by atoms with Crippen LogP contribution in [0.5, 0.6) is 0 Å². The van der Waals surface area contributed by atoms with Gasteiger partial charge in [0.05, 0.1) is 6.54 Å². The molecule has 1 heterocycles. The number of rotatable bonds is 2. The predicted octanol–water partition coefficient (Wildman–Crippen LogP) is -0.834. The topological polar surface area (TPSA) is 46.3 Å². The minimum Gasteiger partial charge on any atom is -0.324 e. The van der Waals surface area contributed by atoms with E-state index in [-0.39, 0.29) is 0 Å². The van der Waals surface area contributed by atoms with Gasteiger partial charge in [-0.25, -0.2) is 4.39 Å². The van der Waals surface area contributed by atoms with Gasteiger partial charge >= 0.3 is 0 Å². The van der Waals surface area contributed by atoms with Crippen LogP contribution in [0.2, 0.25) is 0 Å².